The summed E-state index contributed by atoms with van der Waals surface area (Å²) in [6.45, 7) is 0. The molecule has 4 N–H and O–H groups in total. The Kier molecular flexibility index (Phi) is 5.55. The van der Waals surface area contributed by atoms with Gasteiger partial charge in [-0.05, 0) is 66.7 Å². The first-order chi connectivity index (χ1) is 13.5. The second-order valence-electron chi connectivity index (χ2n) is 5.92. The average Bonchev–Trinajstić information content (AvgIpc) is 2.70. The van der Waals surface area contributed by atoms with E-state index in [2.05, 4.69) is 10.6 Å². The third-order valence-electron chi connectivity index (χ3n) is 3.95. The number of anilines is 2. The van der Waals surface area contributed by atoms with Crippen LogP contribution in [0.4, 0.5) is 15.8 Å². The lowest BCUT2D eigenvalue weighted by atomic mass is 10.1. The van der Waals surface area contributed by atoms with Crippen LogP contribution >= 0.6 is 0 Å². The number of carbonyl (C=O) groups excluding carboxylic acids is 2. The normalized spacial score (nSPS) is 10.2. The fraction of sp³-hybridized carbons (Fsp3) is 0.0476. The fourth-order valence-electron chi connectivity index (χ4n) is 2.48. The first-order valence-corrected chi connectivity index (χ1v) is 8.42. The molecule has 0 radical (unpaired) electrons. The molecule has 0 spiro atoms. The smallest absolute Gasteiger partial charge is 0.255 e. The maximum Gasteiger partial charge on any atom is 0.255 e. The summed E-state index contributed by atoms with van der Waals surface area (Å²) in [5, 5.41) is 5.24. The molecule has 0 saturated heterocycles. The number of halogens is 1. The summed E-state index contributed by atoms with van der Waals surface area (Å²) < 4.78 is 18.7. The monoisotopic (exact) mass is 379 g/mol. The molecule has 2 amide bonds. The van der Waals surface area contributed by atoms with Crippen molar-refractivity contribution in [1.82, 2.24) is 5.32 Å². The SMILES string of the molecule is CNC(=O)c1cc(Oc2ccc(NC(=O)c3ccc(F)cc3)cc2)ccc1N. The van der Waals surface area contributed by atoms with Crippen molar-refractivity contribution in [3.8, 4) is 11.5 Å². The van der Waals surface area contributed by atoms with Crippen molar-refractivity contribution in [2.45, 2.75) is 0 Å². The second kappa shape index (κ2) is 8.22. The van der Waals surface area contributed by atoms with E-state index in [1.54, 1.807) is 42.5 Å². The molecule has 0 heterocycles. The van der Waals surface area contributed by atoms with E-state index in [1.165, 1.54) is 31.3 Å². The molecule has 0 unspecified atom stereocenters. The van der Waals surface area contributed by atoms with Crippen LogP contribution < -0.4 is 21.1 Å². The van der Waals surface area contributed by atoms with Crippen molar-refractivity contribution >= 4 is 23.2 Å². The Balaban J connectivity index is 1.68. The summed E-state index contributed by atoms with van der Waals surface area (Å²) in [5.41, 5.74) is 7.39. The highest BCUT2D eigenvalue weighted by Gasteiger charge is 2.10. The van der Waals surface area contributed by atoms with Crippen LogP contribution in [0.5, 0.6) is 11.5 Å². The summed E-state index contributed by atoms with van der Waals surface area (Å²) >= 11 is 0. The van der Waals surface area contributed by atoms with Crippen LogP contribution in [0.2, 0.25) is 0 Å². The molecule has 7 heteroatoms. The Hall–Kier alpha value is -3.87. The van der Waals surface area contributed by atoms with E-state index in [-0.39, 0.29) is 11.8 Å². The minimum absolute atomic E-state index is 0.304. The number of hydrogen-bond acceptors (Lipinski definition) is 4. The Morgan fingerprint density at radius 2 is 1.54 bits per heavy atom. The Morgan fingerprint density at radius 3 is 2.18 bits per heavy atom. The highest BCUT2D eigenvalue weighted by Crippen LogP contribution is 2.26. The first kappa shape index (κ1) is 18.9. The van der Waals surface area contributed by atoms with E-state index in [9.17, 15) is 14.0 Å². The van der Waals surface area contributed by atoms with Crippen molar-refractivity contribution in [2.24, 2.45) is 0 Å². The molecular weight excluding hydrogens is 361 g/mol. The number of hydrogen-bond donors (Lipinski definition) is 3. The predicted molar refractivity (Wildman–Crippen MR) is 105 cm³/mol. The van der Waals surface area contributed by atoms with E-state index in [0.29, 0.717) is 34.0 Å². The zero-order valence-corrected chi connectivity index (χ0v) is 15.0. The van der Waals surface area contributed by atoms with Crippen LogP contribution in [-0.4, -0.2) is 18.9 Å². The highest BCUT2D eigenvalue weighted by molar-refractivity contribution is 6.04. The number of benzene rings is 3. The fourth-order valence-corrected chi connectivity index (χ4v) is 2.48. The van der Waals surface area contributed by atoms with E-state index in [0.717, 1.165) is 0 Å². The summed E-state index contributed by atoms with van der Waals surface area (Å²) in [6, 6.07) is 16.8. The van der Waals surface area contributed by atoms with Crippen molar-refractivity contribution in [1.29, 1.82) is 0 Å². The van der Waals surface area contributed by atoms with Crippen molar-refractivity contribution < 1.29 is 18.7 Å². The van der Waals surface area contributed by atoms with E-state index < -0.39 is 5.82 Å². The molecule has 0 aliphatic carbocycles. The standard InChI is InChI=1S/C21H18FN3O3/c1-24-21(27)18-12-17(10-11-19(18)23)28-16-8-6-15(7-9-16)25-20(26)13-2-4-14(22)5-3-13/h2-12H,23H2,1H3,(H,24,27)(H,25,26). The average molecular weight is 379 g/mol. The molecule has 0 aliphatic heterocycles. The van der Waals surface area contributed by atoms with Gasteiger partial charge in [0.25, 0.3) is 11.8 Å². The zero-order valence-electron chi connectivity index (χ0n) is 15.0. The summed E-state index contributed by atoms with van der Waals surface area (Å²) in [7, 11) is 1.52. The van der Waals surface area contributed by atoms with Gasteiger partial charge in [0.1, 0.15) is 17.3 Å². The number of carbonyl (C=O) groups is 2. The van der Waals surface area contributed by atoms with Crippen LogP contribution in [0, 0.1) is 5.82 Å². The predicted octanol–water partition coefficient (Wildman–Crippen LogP) is 3.81. The molecule has 0 atom stereocenters. The van der Waals surface area contributed by atoms with Gasteiger partial charge in [0.2, 0.25) is 0 Å². The molecule has 3 aromatic carbocycles. The zero-order chi connectivity index (χ0) is 20.1. The molecule has 3 aromatic rings. The van der Waals surface area contributed by atoms with Crippen molar-refractivity contribution in [3.63, 3.8) is 0 Å². The quantitative estimate of drug-likeness (QED) is 0.588. The van der Waals surface area contributed by atoms with E-state index >= 15 is 0 Å². The number of ether oxygens (including phenoxy) is 1. The highest BCUT2D eigenvalue weighted by atomic mass is 19.1. The van der Waals surface area contributed by atoms with Crippen LogP contribution in [-0.2, 0) is 0 Å². The van der Waals surface area contributed by atoms with Crippen molar-refractivity contribution in [2.75, 3.05) is 18.1 Å². The third-order valence-corrected chi connectivity index (χ3v) is 3.95. The lowest BCUT2D eigenvalue weighted by Gasteiger charge is -2.10. The van der Waals surface area contributed by atoms with Gasteiger partial charge >= 0.3 is 0 Å². The van der Waals surface area contributed by atoms with Gasteiger partial charge in [-0.15, -0.1) is 0 Å². The van der Waals surface area contributed by atoms with Crippen molar-refractivity contribution in [3.05, 3.63) is 83.7 Å². The topological polar surface area (TPSA) is 93.5 Å². The lowest BCUT2D eigenvalue weighted by Crippen LogP contribution is -2.19. The molecule has 0 saturated carbocycles. The number of rotatable bonds is 5. The number of nitrogens with one attached hydrogen (secondary N) is 2. The van der Waals surface area contributed by atoms with Crippen LogP contribution in [0.3, 0.4) is 0 Å². The van der Waals surface area contributed by atoms with Gasteiger partial charge in [0.05, 0.1) is 5.56 Å². The Morgan fingerprint density at radius 1 is 0.893 bits per heavy atom. The van der Waals surface area contributed by atoms with Gasteiger partial charge in [-0.25, -0.2) is 4.39 Å². The molecule has 28 heavy (non-hydrogen) atoms. The van der Waals surface area contributed by atoms with E-state index in [1.807, 2.05) is 0 Å². The number of nitrogens with two attached hydrogens (primary N) is 1. The summed E-state index contributed by atoms with van der Waals surface area (Å²) in [6.07, 6.45) is 0. The number of nitrogen functional groups attached to an aromatic ring is 1. The van der Waals surface area contributed by atoms with Gasteiger partial charge in [-0.3, -0.25) is 9.59 Å². The minimum atomic E-state index is -0.403. The van der Waals surface area contributed by atoms with Gasteiger partial charge < -0.3 is 21.1 Å². The molecular formula is C21H18FN3O3. The van der Waals surface area contributed by atoms with Crippen LogP contribution in [0.1, 0.15) is 20.7 Å². The van der Waals surface area contributed by atoms with Gasteiger partial charge in [0.15, 0.2) is 0 Å². The maximum atomic E-state index is 12.9. The minimum Gasteiger partial charge on any atom is -0.457 e. The Bertz CT molecular complexity index is 1000. The summed E-state index contributed by atoms with van der Waals surface area (Å²) in [4.78, 5) is 24.0. The largest absolute Gasteiger partial charge is 0.457 e. The maximum absolute atomic E-state index is 12.9. The van der Waals surface area contributed by atoms with Gasteiger partial charge in [0, 0.05) is 24.0 Å². The molecule has 6 nitrogen and oxygen atoms in total. The van der Waals surface area contributed by atoms with Crippen LogP contribution in [0.15, 0.2) is 66.7 Å². The molecule has 142 valence electrons. The van der Waals surface area contributed by atoms with E-state index in [4.69, 9.17) is 10.5 Å². The molecule has 3 rings (SSSR count). The number of amides is 2. The first-order valence-electron chi connectivity index (χ1n) is 8.42. The third kappa shape index (κ3) is 4.45. The molecule has 0 aromatic heterocycles. The second-order valence-corrected chi connectivity index (χ2v) is 5.92. The molecule has 0 aliphatic rings. The van der Waals surface area contributed by atoms with Crippen LogP contribution in [0.25, 0.3) is 0 Å². The van der Waals surface area contributed by atoms with Gasteiger partial charge in [-0.1, -0.05) is 0 Å². The lowest BCUT2D eigenvalue weighted by molar-refractivity contribution is 0.0962. The Labute approximate surface area is 161 Å². The van der Waals surface area contributed by atoms with Gasteiger partial charge in [-0.2, -0.15) is 0 Å². The summed E-state index contributed by atoms with van der Waals surface area (Å²) in [5.74, 6) is -0.0761. The molecule has 0 bridgehead atoms. The molecule has 0 fully saturated rings.